The maximum absolute atomic E-state index is 12.3. The highest BCUT2D eigenvalue weighted by Gasteiger charge is 2.11. The molecule has 2 aromatic carbocycles. The van der Waals surface area contributed by atoms with Gasteiger partial charge in [-0.3, -0.25) is 25.8 Å². The summed E-state index contributed by atoms with van der Waals surface area (Å²) >= 11 is 7.14. The van der Waals surface area contributed by atoms with E-state index >= 15 is 0 Å². The first-order valence-corrected chi connectivity index (χ1v) is 10.3. The number of hydrogen-bond donors (Lipinski definition) is 3. The van der Waals surface area contributed by atoms with E-state index in [-0.39, 0.29) is 11.2 Å². The van der Waals surface area contributed by atoms with Crippen LogP contribution in [0.1, 0.15) is 41.0 Å². The van der Waals surface area contributed by atoms with Crippen LogP contribution in [0, 0.1) is 3.57 Å². The Kier molecular flexibility index (Phi) is 8.65. The Bertz CT molecular complexity index is 890. The Hall–Kier alpha value is -2.40. The van der Waals surface area contributed by atoms with Crippen LogP contribution in [0.2, 0.25) is 0 Å². The zero-order chi connectivity index (χ0) is 21.4. The standard InChI is InChI=1S/C20H22IN3O4S/c1-4-12(2)28-15-8-5-13(6-9-15)18(25)22-20(29)24-23-19(26)14-7-10-17(27-3)16(21)11-14/h5-12H,4H2,1-3H3,(H,23,26)(H2,22,24,25,29). The quantitative estimate of drug-likeness (QED) is 0.303. The molecule has 1 atom stereocenters. The second kappa shape index (κ2) is 11.0. The molecule has 2 aromatic rings. The molecule has 0 aliphatic heterocycles. The van der Waals surface area contributed by atoms with Gasteiger partial charge in [-0.25, -0.2) is 0 Å². The first-order chi connectivity index (χ1) is 13.8. The fourth-order valence-electron chi connectivity index (χ4n) is 2.20. The van der Waals surface area contributed by atoms with Crippen LogP contribution in [0.15, 0.2) is 42.5 Å². The van der Waals surface area contributed by atoms with Gasteiger partial charge in [0.2, 0.25) is 0 Å². The van der Waals surface area contributed by atoms with E-state index < -0.39 is 11.8 Å². The molecule has 0 aliphatic carbocycles. The van der Waals surface area contributed by atoms with E-state index in [1.54, 1.807) is 49.6 Å². The Morgan fingerprint density at radius 1 is 1.07 bits per heavy atom. The van der Waals surface area contributed by atoms with Crippen molar-refractivity contribution in [3.63, 3.8) is 0 Å². The number of hydrogen-bond acceptors (Lipinski definition) is 5. The van der Waals surface area contributed by atoms with Gasteiger partial charge in [-0.15, -0.1) is 0 Å². The Morgan fingerprint density at radius 2 is 1.72 bits per heavy atom. The van der Waals surface area contributed by atoms with Crippen LogP contribution < -0.4 is 25.6 Å². The molecule has 2 amide bonds. The number of amides is 2. The Balaban J connectivity index is 1.86. The highest BCUT2D eigenvalue weighted by molar-refractivity contribution is 14.1. The largest absolute Gasteiger partial charge is 0.496 e. The summed E-state index contributed by atoms with van der Waals surface area (Å²) in [5.41, 5.74) is 5.81. The summed E-state index contributed by atoms with van der Waals surface area (Å²) in [6, 6.07) is 11.8. The van der Waals surface area contributed by atoms with Crippen molar-refractivity contribution in [2.24, 2.45) is 0 Å². The first kappa shape index (κ1) is 22.9. The van der Waals surface area contributed by atoms with E-state index in [9.17, 15) is 9.59 Å². The number of carbonyl (C=O) groups is 2. The molecule has 29 heavy (non-hydrogen) atoms. The van der Waals surface area contributed by atoms with E-state index in [1.807, 2.05) is 13.8 Å². The zero-order valence-corrected chi connectivity index (χ0v) is 19.2. The van der Waals surface area contributed by atoms with Crippen LogP contribution in [-0.2, 0) is 0 Å². The second-order valence-electron chi connectivity index (χ2n) is 6.07. The lowest BCUT2D eigenvalue weighted by atomic mass is 10.2. The van der Waals surface area contributed by atoms with Crippen molar-refractivity contribution in [2.45, 2.75) is 26.4 Å². The van der Waals surface area contributed by atoms with Gasteiger partial charge in [-0.1, -0.05) is 6.92 Å². The maximum atomic E-state index is 12.3. The summed E-state index contributed by atoms with van der Waals surface area (Å²) in [6.07, 6.45) is 0.993. The average Bonchev–Trinajstić information content (AvgIpc) is 2.72. The van der Waals surface area contributed by atoms with E-state index in [1.165, 1.54) is 0 Å². The molecule has 154 valence electrons. The number of carbonyl (C=O) groups excluding carboxylic acids is 2. The van der Waals surface area contributed by atoms with Crippen LogP contribution in [-0.4, -0.2) is 30.1 Å². The summed E-state index contributed by atoms with van der Waals surface area (Å²) < 4.78 is 11.6. The van der Waals surface area contributed by atoms with Crippen LogP contribution in [0.5, 0.6) is 11.5 Å². The van der Waals surface area contributed by atoms with Gasteiger partial charge in [0.05, 0.1) is 16.8 Å². The monoisotopic (exact) mass is 527 g/mol. The van der Waals surface area contributed by atoms with Gasteiger partial charge in [0.15, 0.2) is 5.11 Å². The van der Waals surface area contributed by atoms with Crippen LogP contribution in [0.3, 0.4) is 0 Å². The lowest BCUT2D eigenvalue weighted by Gasteiger charge is -2.13. The number of thiocarbonyl (C=S) groups is 1. The van der Waals surface area contributed by atoms with Gasteiger partial charge >= 0.3 is 0 Å². The molecule has 0 bridgehead atoms. The molecular formula is C20H22IN3O4S. The van der Waals surface area contributed by atoms with Crippen molar-refractivity contribution in [2.75, 3.05) is 7.11 Å². The van der Waals surface area contributed by atoms with Crippen molar-refractivity contribution in [1.82, 2.24) is 16.2 Å². The molecule has 7 nitrogen and oxygen atoms in total. The first-order valence-electron chi connectivity index (χ1n) is 8.86. The number of benzene rings is 2. The Morgan fingerprint density at radius 3 is 2.31 bits per heavy atom. The smallest absolute Gasteiger partial charge is 0.269 e. The summed E-state index contributed by atoms with van der Waals surface area (Å²) in [5, 5.41) is 2.49. The van der Waals surface area contributed by atoms with E-state index in [4.69, 9.17) is 21.7 Å². The van der Waals surface area contributed by atoms with E-state index in [2.05, 4.69) is 38.8 Å². The van der Waals surface area contributed by atoms with Gasteiger partial charge in [0, 0.05) is 11.1 Å². The summed E-state index contributed by atoms with van der Waals surface area (Å²) in [6.45, 7) is 4.01. The predicted octanol–water partition coefficient (Wildman–Crippen LogP) is 3.43. The fraction of sp³-hybridized carbons (Fsp3) is 0.250. The molecule has 0 spiro atoms. The maximum Gasteiger partial charge on any atom is 0.269 e. The van der Waals surface area contributed by atoms with Gasteiger partial charge in [-0.2, -0.15) is 0 Å². The average molecular weight is 527 g/mol. The summed E-state index contributed by atoms with van der Waals surface area (Å²) in [5.74, 6) is 0.580. The third kappa shape index (κ3) is 6.86. The van der Waals surface area contributed by atoms with Gasteiger partial charge in [0.25, 0.3) is 11.8 Å². The zero-order valence-electron chi connectivity index (χ0n) is 16.2. The van der Waals surface area contributed by atoms with Gasteiger partial charge in [-0.05, 0) is 90.6 Å². The SMILES string of the molecule is CCC(C)Oc1ccc(C(=O)NC(=S)NNC(=O)c2ccc(OC)c(I)c2)cc1. The Labute approximate surface area is 188 Å². The molecule has 0 aromatic heterocycles. The lowest BCUT2D eigenvalue weighted by Crippen LogP contribution is -2.48. The predicted molar refractivity (Wildman–Crippen MR) is 123 cm³/mol. The van der Waals surface area contributed by atoms with Crippen LogP contribution in [0.25, 0.3) is 0 Å². The number of hydrazine groups is 1. The number of rotatable bonds is 6. The summed E-state index contributed by atoms with van der Waals surface area (Å²) in [4.78, 5) is 24.5. The minimum absolute atomic E-state index is 0.0218. The number of methoxy groups -OCH3 is 1. The number of ether oxygens (including phenoxy) is 2. The molecule has 0 radical (unpaired) electrons. The van der Waals surface area contributed by atoms with Crippen molar-refractivity contribution >= 4 is 51.7 Å². The van der Waals surface area contributed by atoms with Gasteiger partial charge in [0.1, 0.15) is 11.5 Å². The number of nitrogens with one attached hydrogen (secondary N) is 3. The van der Waals surface area contributed by atoms with Crippen LogP contribution in [0.4, 0.5) is 0 Å². The van der Waals surface area contributed by atoms with Crippen molar-refractivity contribution in [3.8, 4) is 11.5 Å². The second-order valence-corrected chi connectivity index (χ2v) is 7.64. The molecule has 0 fully saturated rings. The molecule has 0 saturated carbocycles. The van der Waals surface area contributed by atoms with Crippen LogP contribution >= 0.6 is 34.8 Å². The molecule has 0 aliphatic rings. The van der Waals surface area contributed by atoms with Crippen molar-refractivity contribution in [1.29, 1.82) is 0 Å². The number of halogens is 1. The molecule has 0 heterocycles. The molecule has 1 unspecified atom stereocenters. The minimum atomic E-state index is -0.397. The third-order valence-corrected chi connectivity index (χ3v) is 5.01. The minimum Gasteiger partial charge on any atom is -0.496 e. The highest BCUT2D eigenvalue weighted by Crippen LogP contribution is 2.21. The topological polar surface area (TPSA) is 88.7 Å². The highest BCUT2D eigenvalue weighted by atomic mass is 127. The molecule has 3 N–H and O–H groups in total. The molecule has 0 saturated heterocycles. The molecule has 9 heteroatoms. The summed E-state index contributed by atoms with van der Waals surface area (Å²) in [7, 11) is 1.56. The van der Waals surface area contributed by atoms with Crippen molar-refractivity contribution < 1.29 is 19.1 Å². The van der Waals surface area contributed by atoms with Gasteiger partial charge < -0.3 is 9.47 Å². The normalized spacial score (nSPS) is 11.2. The molecular weight excluding hydrogens is 505 g/mol. The van der Waals surface area contributed by atoms with Crippen molar-refractivity contribution in [3.05, 3.63) is 57.2 Å². The lowest BCUT2D eigenvalue weighted by molar-refractivity contribution is 0.0934. The van der Waals surface area contributed by atoms with E-state index in [0.717, 1.165) is 9.99 Å². The fourth-order valence-corrected chi connectivity index (χ4v) is 3.08. The molecule has 2 rings (SSSR count). The third-order valence-electron chi connectivity index (χ3n) is 3.96. The van der Waals surface area contributed by atoms with E-state index in [0.29, 0.717) is 22.6 Å².